The minimum absolute atomic E-state index is 0.446. The molecule has 1 aromatic carbocycles. The van der Waals surface area contributed by atoms with Gasteiger partial charge in [-0.25, -0.2) is 4.99 Å². The van der Waals surface area contributed by atoms with E-state index in [1.54, 1.807) is 24.4 Å². The SMILES string of the molecule is NC(=O)c1ccc2c(c1)C1=CN=NC1=N2. The van der Waals surface area contributed by atoms with Crippen molar-refractivity contribution < 1.29 is 4.79 Å². The van der Waals surface area contributed by atoms with Gasteiger partial charge in [-0.15, -0.1) is 5.11 Å². The maximum absolute atomic E-state index is 11.0. The quantitative estimate of drug-likeness (QED) is 0.731. The fourth-order valence-electron chi connectivity index (χ4n) is 1.64. The summed E-state index contributed by atoms with van der Waals surface area (Å²) in [4.78, 5) is 15.3. The van der Waals surface area contributed by atoms with E-state index in [1.807, 2.05) is 0 Å². The smallest absolute Gasteiger partial charge is 0.248 e. The van der Waals surface area contributed by atoms with Crippen LogP contribution in [-0.2, 0) is 0 Å². The zero-order chi connectivity index (χ0) is 10.4. The molecule has 3 rings (SSSR count). The average Bonchev–Trinajstić information content (AvgIpc) is 2.75. The van der Waals surface area contributed by atoms with E-state index < -0.39 is 5.91 Å². The lowest BCUT2D eigenvalue weighted by Gasteiger charge is -2.00. The van der Waals surface area contributed by atoms with E-state index >= 15 is 0 Å². The van der Waals surface area contributed by atoms with Gasteiger partial charge in [-0.3, -0.25) is 4.79 Å². The summed E-state index contributed by atoms with van der Waals surface area (Å²) < 4.78 is 0. The predicted molar refractivity (Wildman–Crippen MR) is 54.9 cm³/mol. The second kappa shape index (κ2) is 2.60. The summed E-state index contributed by atoms with van der Waals surface area (Å²) >= 11 is 0. The standard InChI is InChI=1S/C10H6N4O/c11-9(15)5-1-2-8-6(3-5)7-4-12-14-10(7)13-8/h1-4H,(H2,11,15). The van der Waals surface area contributed by atoms with Crippen LogP contribution in [0.25, 0.3) is 5.57 Å². The second-order valence-corrected chi connectivity index (χ2v) is 3.29. The minimum atomic E-state index is -0.446. The van der Waals surface area contributed by atoms with Crippen LogP contribution in [0.3, 0.4) is 0 Å². The summed E-state index contributed by atoms with van der Waals surface area (Å²) in [5.74, 6) is 0.158. The number of rotatable bonds is 1. The molecule has 0 unspecified atom stereocenters. The molecule has 5 heteroatoms. The van der Waals surface area contributed by atoms with Crippen molar-refractivity contribution in [1.82, 2.24) is 0 Å². The molecule has 0 saturated heterocycles. The van der Waals surface area contributed by atoms with Gasteiger partial charge in [-0.1, -0.05) is 0 Å². The number of aliphatic imine (C=N–C) groups is 1. The van der Waals surface area contributed by atoms with Crippen molar-refractivity contribution in [2.45, 2.75) is 0 Å². The zero-order valence-corrected chi connectivity index (χ0v) is 7.64. The third-order valence-electron chi connectivity index (χ3n) is 2.38. The fourth-order valence-corrected chi connectivity index (χ4v) is 1.64. The molecular formula is C10H6N4O. The summed E-state index contributed by atoms with van der Waals surface area (Å²) in [6, 6.07) is 5.14. The van der Waals surface area contributed by atoms with Gasteiger partial charge in [-0.2, -0.15) is 5.11 Å². The van der Waals surface area contributed by atoms with Gasteiger partial charge in [0.05, 0.1) is 17.5 Å². The number of fused-ring (bicyclic) bond motifs is 3. The number of hydrogen-bond donors (Lipinski definition) is 1. The highest BCUT2D eigenvalue weighted by Crippen LogP contribution is 2.37. The van der Waals surface area contributed by atoms with Crippen LogP contribution >= 0.6 is 0 Å². The Bertz CT molecular complexity index is 569. The third kappa shape index (κ3) is 1.03. The minimum Gasteiger partial charge on any atom is -0.366 e. The van der Waals surface area contributed by atoms with Crippen molar-refractivity contribution in [2.24, 2.45) is 21.0 Å². The number of carbonyl (C=O) groups excluding carboxylic acids is 1. The number of carbonyl (C=O) groups is 1. The number of amides is 1. The van der Waals surface area contributed by atoms with E-state index in [9.17, 15) is 4.79 Å². The Labute approximate surface area is 85.0 Å². The van der Waals surface area contributed by atoms with E-state index in [-0.39, 0.29) is 0 Å². The second-order valence-electron chi connectivity index (χ2n) is 3.29. The molecule has 15 heavy (non-hydrogen) atoms. The summed E-state index contributed by atoms with van der Waals surface area (Å²) in [5.41, 5.74) is 8.20. The molecule has 0 aliphatic carbocycles. The largest absolute Gasteiger partial charge is 0.366 e. The molecule has 2 heterocycles. The van der Waals surface area contributed by atoms with Gasteiger partial charge in [0, 0.05) is 11.1 Å². The van der Waals surface area contributed by atoms with Crippen LogP contribution < -0.4 is 5.73 Å². The summed E-state index contributed by atoms with van der Waals surface area (Å²) in [7, 11) is 0. The van der Waals surface area contributed by atoms with Crippen LogP contribution in [0.5, 0.6) is 0 Å². The first kappa shape index (κ1) is 8.05. The van der Waals surface area contributed by atoms with Crippen LogP contribution in [0.2, 0.25) is 0 Å². The molecule has 2 aliphatic rings. The number of benzene rings is 1. The third-order valence-corrected chi connectivity index (χ3v) is 2.38. The van der Waals surface area contributed by atoms with Gasteiger partial charge in [-0.05, 0) is 18.2 Å². The van der Waals surface area contributed by atoms with Crippen LogP contribution in [-0.4, -0.2) is 11.7 Å². The van der Waals surface area contributed by atoms with E-state index in [1.165, 1.54) is 0 Å². The van der Waals surface area contributed by atoms with Crippen LogP contribution in [0.1, 0.15) is 15.9 Å². The number of azo groups is 1. The Balaban J connectivity index is 2.19. The lowest BCUT2D eigenvalue weighted by Crippen LogP contribution is -2.10. The first-order chi connectivity index (χ1) is 7.25. The molecule has 0 bridgehead atoms. The average molecular weight is 198 g/mol. The molecule has 2 N–H and O–H groups in total. The Morgan fingerprint density at radius 3 is 3.00 bits per heavy atom. The molecule has 5 nitrogen and oxygen atoms in total. The Kier molecular flexibility index (Phi) is 1.39. The van der Waals surface area contributed by atoms with Crippen molar-refractivity contribution in [1.29, 1.82) is 0 Å². The van der Waals surface area contributed by atoms with Crippen molar-refractivity contribution in [2.75, 3.05) is 0 Å². The van der Waals surface area contributed by atoms with Gasteiger partial charge in [0.25, 0.3) is 0 Å². The fraction of sp³-hybridized carbons (Fsp3) is 0. The van der Waals surface area contributed by atoms with Crippen molar-refractivity contribution >= 4 is 23.0 Å². The lowest BCUT2D eigenvalue weighted by atomic mass is 10.0. The first-order valence-corrected chi connectivity index (χ1v) is 4.40. The van der Waals surface area contributed by atoms with Crippen molar-refractivity contribution in [3.63, 3.8) is 0 Å². The van der Waals surface area contributed by atoms with E-state index in [4.69, 9.17) is 5.73 Å². The maximum atomic E-state index is 11.0. The van der Waals surface area contributed by atoms with E-state index in [2.05, 4.69) is 15.2 Å². The number of amidine groups is 1. The van der Waals surface area contributed by atoms with E-state index in [0.717, 1.165) is 16.8 Å². The predicted octanol–water partition coefficient (Wildman–Crippen LogP) is 1.64. The van der Waals surface area contributed by atoms with Crippen molar-refractivity contribution in [3.8, 4) is 0 Å². The Morgan fingerprint density at radius 1 is 1.33 bits per heavy atom. The zero-order valence-electron chi connectivity index (χ0n) is 7.64. The van der Waals surface area contributed by atoms with E-state index in [0.29, 0.717) is 11.4 Å². The molecule has 0 saturated carbocycles. The summed E-state index contributed by atoms with van der Waals surface area (Å²) in [6.45, 7) is 0. The molecule has 0 radical (unpaired) electrons. The first-order valence-electron chi connectivity index (χ1n) is 4.40. The molecule has 1 amide bonds. The number of nitrogens with two attached hydrogens (primary N) is 1. The van der Waals surface area contributed by atoms with Crippen molar-refractivity contribution in [3.05, 3.63) is 35.5 Å². The van der Waals surface area contributed by atoms with Gasteiger partial charge >= 0.3 is 0 Å². The van der Waals surface area contributed by atoms with Crippen LogP contribution in [0.15, 0.2) is 39.6 Å². The molecule has 1 aromatic rings. The molecule has 0 spiro atoms. The normalized spacial score (nSPS) is 15.7. The maximum Gasteiger partial charge on any atom is 0.248 e. The Hall–Kier alpha value is -2.30. The lowest BCUT2D eigenvalue weighted by molar-refractivity contribution is 0.100. The number of hydrogen-bond acceptors (Lipinski definition) is 4. The monoisotopic (exact) mass is 198 g/mol. The van der Waals surface area contributed by atoms with Crippen LogP contribution in [0, 0.1) is 0 Å². The highest BCUT2D eigenvalue weighted by Gasteiger charge is 2.24. The molecule has 0 fully saturated rings. The number of nitrogens with zero attached hydrogens (tertiary/aromatic N) is 3. The molecule has 2 aliphatic heterocycles. The Morgan fingerprint density at radius 2 is 2.20 bits per heavy atom. The number of primary amides is 1. The van der Waals surface area contributed by atoms with Gasteiger partial charge in [0.2, 0.25) is 5.91 Å². The molecule has 0 aromatic heterocycles. The molecular weight excluding hydrogens is 192 g/mol. The summed E-state index contributed by atoms with van der Waals surface area (Å²) in [6.07, 6.45) is 1.63. The highest BCUT2D eigenvalue weighted by molar-refractivity contribution is 6.29. The van der Waals surface area contributed by atoms with Gasteiger partial charge in [0.1, 0.15) is 0 Å². The molecule has 72 valence electrons. The van der Waals surface area contributed by atoms with Gasteiger partial charge in [0.15, 0.2) is 5.84 Å². The van der Waals surface area contributed by atoms with Gasteiger partial charge < -0.3 is 5.73 Å². The molecule has 0 atom stereocenters. The summed E-state index contributed by atoms with van der Waals surface area (Å²) in [5, 5.41) is 7.61. The highest BCUT2D eigenvalue weighted by atomic mass is 16.1. The topological polar surface area (TPSA) is 80.2 Å². The van der Waals surface area contributed by atoms with Crippen LogP contribution in [0.4, 0.5) is 5.69 Å².